The molecule has 2 N–H and O–H groups in total. The molecule has 2 bridgehead atoms. The zero-order chi connectivity index (χ0) is 22.1. The van der Waals surface area contributed by atoms with Gasteiger partial charge < -0.3 is 24.8 Å². The summed E-state index contributed by atoms with van der Waals surface area (Å²) in [7, 11) is 0. The van der Waals surface area contributed by atoms with Crippen LogP contribution < -0.4 is 5.32 Å². The zero-order valence-electron chi connectivity index (χ0n) is 17.9. The summed E-state index contributed by atoms with van der Waals surface area (Å²) in [5.41, 5.74) is -1.04. The number of hydrogen-bond acceptors (Lipinski definition) is 6. The second-order valence-corrected chi connectivity index (χ2v) is 9.75. The average molecular weight is 489 g/mol. The van der Waals surface area contributed by atoms with E-state index < -0.39 is 35.6 Å². The number of esters is 1. The van der Waals surface area contributed by atoms with Crippen LogP contribution in [0.25, 0.3) is 0 Å². The molecule has 0 aromatic rings. The number of nitrogens with zero attached hydrogens (tertiary/aromatic N) is 1. The maximum absolute atomic E-state index is 13.5. The molecule has 170 valence electrons. The summed E-state index contributed by atoms with van der Waals surface area (Å²) in [6, 6.07) is -0.816. The highest BCUT2D eigenvalue weighted by Gasteiger charge is 2.76. The number of fused-ring (bicyclic) bond motifs is 1. The molecule has 3 heterocycles. The largest absolute Gasteiger partial charge is 0.466 e. The topological polar surface area (TPSA) is 105 Å². The summed E-state index contributed by atoms with van der Waals surface area (Å²) in [6.07, 6.45) is 2.88. The molecule has 0 radical (unpaired) electrons. The minimum Gasteiger partial charge on any atom is -0.466 e. The van der Waals surface area contributed by atoms with Gasteiger partial charge in [0, 0.05) is 24.0 Å². The Labute approximate surface area is 186 Å². The third kappa shape index (κ3) is 3.88. The van der Waals surface area contributed by atoms with Crippen LogP contribution in [-0.4, -0.2) is 76.2 Å². The molecule has 8 nitrogen and oxygen atoms in total. The zero-order valence-corrected chi connectivity index (χ0v) is 19.5. The standard InChI is InChI=1S/C21H33BrN2O6/c1-4-8-12(3)23-18(26)17-21-11-13(22)16(30-21)14(20(28)29-5-2)15(21)19(27)24(17)9-6-7-10-25/h12-17,25H,4-11H2,1-3H3,(H,23,26)/t12?,13?,14-,15+,16-,17-,21+/m0/s1. The Morgan fingerprint density at radius 2 is 2.13 bits per heavy atom. The van der Waals surface area contributed by atoms with E-state index in [4.69, 9.17) is 14.6 Å². The predicted octanol–water partition coefficient (Wildman–Crippen LogP) is 1.37. The van der Waals surface area contributed by atoms with Gasteiger partial charge in [0.05, 0.1) is 24.5 Å². The van der Waals surface area contributed by atoms with Crippen LogP contribution in [0.15, 0.2) is 0 Å². The molecular weight excluding hydrogens is 456 g/mol. The lowest BCUT2D eigenvalue weighted by molar-refractivity contribution is -0.154. The molecule has 3 aliphatic rings. The first-order chi connectivity index (χ1) is 14.3. The number of rotatable bonds is 10. The van der Waals surface area contributed by atoms with Crippen LogP contribution in [0.2, 0.25) is 0 Å². The quantitative estimate of drug-likeness (QED) is 0.273. The summed E-state index contributed by atoms with van der Waals surface area (Å²) in [5.74, 6) is -2.34. The number of alkyl halides is 1. The maximum Gasteiger partial charge on any atom is 0.312 e. The van der Waals surface area contributed by atoms with Crippen LogP contribution >= 0.6 is 15.9 Å². The van der Waals surface area contributed by atoms with Crippen molar-refractivity contribution >= 4 is 33.7 Å². The van der Waals surface area contributed by atoms with Crippen LogP contribution in [-0.2, 0) is 23.9 Å². The summed E-state index contributed by atoms with van der Waals surface area (Å²) in [4.78, 5) is 41.1. The maximum atomic E-state index is 13.5. The normalized spacial score (nSPS) is 35.4. The Balaban J connectivity index is 1.94. The van der Waals surface area contributed by atoms with Crippen LogP contribution in [0.1, 0.15) is 52.9 Å². The molecule has 9 heteroatoms. The summed E-state index contributed by atoms with van der Waals surface area (Å²) < 4.78 is 11.6. The molecule has 2 unspecified atom stereocenters. The van der Waals surface area contributed by atoms with Crippen LogP contribution in [0.3, 0.4) is 0 Å². The molecule has 0 aromatic carbocycles. The second-order valence-electron chi connectivity index (χ2n) is 8.58. The molecule has 2 amide bonds. The smallest absolute Gasteiger partial charge is 0.312 e. The number of carbonyl (C=O) groups excluding carboxylic acids is 3. The molecule has 30 heavy (non-hydrogen) atoms. The molecule has 7 atom stereocenters. The molecule has 3 rings (SSSR count). The summed E-state index contributed by atoms with van der Waals surface area (Å²) in [5, 5.41) is 12.2. The van der Waals surface area contributed by atoms with Crippen molar-refractivity contribution in [2.24, 2.45) is 11.8 Å². The Morgan fingerprint density at radius 3 is 2.77 bits per heavy atom. The van der Waals surface area contributed by atoms with Crippen molar-refractivity contribution in [3.05, 3.63) is 0 Å². The number of amides is 2. The molecule has 0 saturated carbocycles. The highest BCUT2D eigenvalue weighted by atomic mass is 79.9. The van der Waals surface area contributed by atoms with Gasteiger partial charge >= 0.3 is 5.97 Å². The monoisotopic (exact) mass is 488 g/mol. The van der Waals surface area contributed by atoms with Crippen molar-refractivity contribution in [3.63, 3.8) is 0 Å². The number of nitrogens with one attached hydrogen (secondary N) is 1. The van der Waals surface area contributed by atoms with Crippen LogP contribution in [0.5, 0.6) is 0 Å². The molecular formula is C21H33BrN2O6. The van der Waals surface area contributed by atoms with E-state index in [9.17, 15) is 14.4 Å². The van der Waals surface area contributed by atoms with E-state index in [-0.39, 0.29) is 35.9 Å². The first-order valence-electron chi connectivity index (χ1n) is 11.0. The van der Waals surface area contributed by atoms with Crippen molar-refractivity contribution in [2.45, 2.75) is 81.5 Å². The van der Waals surface area contributed by atoms with Crippen molar-refractivity contribution in [1.82, 2.24) is 10.2 Å². The van der Waals surface area contributed by atoms with E-state index in [0.29, 0.717) is 25.8 Å². The molecule has 1 spiro atoms. The van der Waals surface area contributed by atoms with Gasteiger partial charge in [-0.1, -0.05) is 29.3 Å². The van der Waals surface area contributed by atoms with Gasteiger partial charge in [0.15, 0.2) is 0 Å². The lowest BCUT2D eigenvalue weighted by Crippen LogP contribution is -2.57. The minimum absolute atomic E-state index is 0.0217. The second kappa shape index (κ2) is 9.53. The number of unbranched alkanes of at least 4 members (excludes halogenated alkanes) is 1. The van der Waals surface area contributed by atoms with E-state index in [1.54, 1.807) is 11.8 Å². The van der Waals surface area contributed by atoms with Crippen LogP contribution in [0.4, 0.5) is 0 Å². The number of likely N-dealkylation sites (tertiary alicyclic amines) is 1. The van der Waals surface area contributed by atoms with Gasteiger partial charge in [0.25, 0.3) is 0 Å². The Hall–Kier alpha value is -1.19. The van der Waals surface area contributed by atoms with E-state index in [2.05, 4.69) is 28.2 Å². The molecule has 3 saturated heterocycles. The van der Waals surface area contributed by atoms with Gasteiger partial charge in [-0.25, -0.2) is 0 Å². The fourth-order valence-corrected chi connectivity index (χ4v) is 6.34. The van der Waals surface area contributed by atoms with E-state index in [1.807, 2.05) is 6.92 Å². The van der Waals surface area contributed by atoms with Crippen molar-refractivity contribution < 1.29 is 29.0 Å². The number of halogens is 1. The predicted molar refractivity (Wildman–Crippen MR) is 113 cm³/mol. The van der Waals surface area contributed by atoms with Gasteiger partial charge in [0.1, 0.15) is 11.6 Å². The average Bonchev–Trinajstić information content (AvgIpc) is 3.26. The number of aliphatic hydroxyl groups excluding tert-OH is 1. The summed E-state index contributed by atoms with van der Waals surface area (Å²) >= 11 is 3.62. The molecule has 3 fully saturated rings. The van der Waals surface area contributed by atoms with Crippen molar-refractivity contribution in [1.29, 1.82) is 0 Å². The number of hydrogen-bond donors (Lipinski definition) is 2. The molecule has 0 aliphatic carbocycles. The minimum atomic E-state index is -1.04. The number of ether oxygens (including phenoxy) is 2. The lowest BCUT2D eigenvalue weighted by Gasteiger charge is -2.34. The van der Waals surface area contributed by atoms with Gasteiger partial charge in [-0.2, -0.15) is 0 Å². The third-order valence-corrected chi connectivity index (χ3v) is 7.36. The Morgan fingerprint density at radius 1 is 1.40 bits per heavy atom. The first kappa shape index (κ1) is 23.5. The lowest BCUT2D eigenvalue weighted by atomic mass is 9.70. The SMILES string of the molecule is CCCC(C)NC(=O)[C@@H]1N(CCCCO)C(=O)[C@H]2[C@H](C(=O)OCC)[C@H]3O[C@@]12CC3Br. The third-order valence-electron chi connectivity index (χ3n) is 6.51. The molecule has 0 aromatic heterocycles. The highest BCUT2D eigenvalue weighted by molar-refractivity contribution is 9.09. The fraction of sp³-hybridized carbons (Fsp3) is 0.857. The van der Waals surface area contributed by atoms with Crippen molar-refractivity contribution in [2.75, 3.05) is 19.8 Å². The first-order valence-corrected chi connectivity index (χ1v) is 11.9. The van der Waals surface area contributed by atoms with E-state index in [1.165, 1.54) is 0 Å². The molecule has 3 aliphatic heterocycles. The van der Waals surface area contributed by atoms with Gasteiger partial charge in [0.2, 0.25) is 11.8 Å². The number of aliphatic hydroxyl groups is 1. The highest BCUT2D eigenvalue weighted by Crippen LogP contribution is 2.60. The van der Waals surface area contributed by atoms with Crippen molar-refractivity contribution in [3.8, 4) is 0 Å². The number of carbonyl (C=O) groups is 3. The van der Waals surface area contributed by atoms with Gasteiger partial charge in [-0.15, -0.1) is 0 Å². The van der Waals surface area contributed by atoms with E-state index in [0.717, 1.165) is 12.8 Å². The fourth-order valence-electron chi connectivity index (χ4n) is 5.40. The Bertz CT molecular complexity index is 676. The Kier molecular flexibility index (Phi) is 7.45. The summed E-state index contributed by atoms with van der Waals surface area (Å²) in [6.45, 7) is 6.32. The van der Waals surface area contributed by atoms with Crippen LogP contribution in [0, 0.1) is 11.8 Å². The van der Waals surface area contributed by atoms with E-state index >= 15 is 0 Å². The van der Waals surface area contributed by atoms with Gasteiger partial charge in [-0.3, -0.25) is 14.4 Å². The van der Waals surface area contributed by atoms with Gasteiger partial charge in [-0.05, 0) is 39.5 Å².